The number of aromatic nitrogens is 3. The fourth-order valence-corrected chi connectivity index (χ4v) is 2.53. The van der Waals surface area contributed by atoms with Crippen LogP contribution in [0.2, 0.25) is 0 Å². The molecule has 0 aromatic carbocycles. The van der Waals surface area contributed by atoms with Crippen molar-refractivity contribution < 1.29 is 9.32 Å². The van der Waals surface area contributed by atoms with Crippen LogP contribution in [0.4, 0.5) is 0 Å². The highest BCUT2D eigenvalue weighted by Crippen LogP contribution is 2.30. The molecule has 0 aliphatic heterocycles. The zero-order valence-corrected chi connectivity index (χ0v) is 13.4. The number of aryl methyl sites for hydroxylation is 1. The van der Waals surface area contributed by atoms with Gasteiger partial charge in [-0.05, 0) is 37.3 Å². The summed E-state index contributed by atoms with van der Waals surface area (Å²) in [5.41, 5.74) is 0.676. The van der Waals surface area contributed by atoms with Crippen LogP contribution in [0.15, 0.2) is 28.9 Å². The number of rotatable bonds is 8. The lowest BCUT2D eigenvalue weighted by atomic mass is 10.2. The Labute approximate surface area is 135 Å². The van der Waals surface area contributed by atoms with E-state index in [4.69, 9.17) is 4.52 Å². The van der Waals surface area contributed by atoms with Crippen molar-refractivity contribution in [3.63, 3.8) is 0 Å². The molecule has 0 N–H and O–H groups in total. The number of pyridine rings is 1. The second kappa shape index (κ2) is 7.35. The van der Waals surface area contributed by atoms with Crippen molar-refractivity contribution in [2.24, 2.45) is 5.92 Å². The minimum absolute atomic E-state index is 0.177. The summed E-state index contributed by atoms with van der Waals surface area (Å²) in [6, 6.07) is 5.55. The number of carbonyl (C=O) groups is 1. The molecule has 23 heavy (non-hydrogen) atoms. The smallest absolute Gasteiger partial charge is 0.227 e. The highest BCUT2D eigenvalue weighted by Gasteiger charge is 2.26. The van der Waals surface area contributed by atoms with Gasteiger partial charge in [-0.25, -0.2) is 0 Å². The summed E-state index contributed by atoms with van der Waals surface area (Å²) in [6.07, 6.45) is 6.08. The van der Waals surface area contributed by atoms with Crippen LogP contribution in [0.1, 0.15) is 38.5 Å². The summed E-state index contributed by atoms with van der Waals surface area (Å²) < 4.78 is 5.23. The van der Waals surface area contributed by atoms with E-state index in [-0.39, 0.29) is 5.91 Å². The van der Waals surface area contributed by atoms with Crippen LogP contribution in [0.25, 0.3) is 11.5 Å². The topological polar surface area (TPSA) is 72.1 Å². The van der Waals surface area contributed by atoms with Crippen molar-refractivity contribution in [3.05, 3.63) is 30.3 Å². The Hall–Kier alpha value is -2.24. The van der Waals surface area contributed by atoms with E-state index < -0.39 is 0 Å². The molecule has 1 saturated carbocycles. The first-order chi connectivity index (χ1) is 11.3. The van der Waals surface area contributed by atoms with Crippen LogP contribution >= 0.6 is 0 Å². The molecule has 0 spiro atoms. The summed E-state index contributed by atoms with van der Waals surface area (Å²) in [5.74, 6) is 1.85. The molecule has 0 unspecified atom stereocenters. The van der Waals surface area contributed by atoms with E-state index in [0.29, 0.717) is 36.2 Å². The molecule has 6 heteroatoms. The summed E-state index contributed by atoms with van der Waals surface area (Å²) in [7, 11) is 0. The molecule has 1 amide bonds. The molecule has 0 radical (unpaired) electrons. The Bertz CT molecular complexity index is 637. The standard InChI is InChI=1S/C17H22N4O2/c1-2-11-21(12-13-6-7-13)16(22)9-8-15-19-17(20-23-15)14-5-3-4-10-18-14/h3-5,10,13H,2,6-9,11-12H2,1H3. The third-order valence-electron chi connectivity index (χ3n) is 3.94. The van der Waals surface area contributed by atoms with Crippen LogP contribution in [0, 0.1) is 5.92 Å². The van der Waals surface area contributed by atoms with E-state index in [9.17, 15) is 4.79 Å². The molecule has 1 fully saturated rings. The molecular formula is C17H22N4O2. The summed E-state index contributed by atoms with van der Waals surface area (Å²) in [6.45, 7) is 3.83. The lowest BCUT2D eigenvalue weighted by Gasteiger charge is -2.21. The maximum absolute atomic E-state index is 12.4. The first kappa shape index (κ1) is 15.6. The molecule has 0 bridgehead atoms. The van der Waals surface area contributed by atoms with Gasteiger partial charge in [0.25, 0.3) is 0 Å². The second-order valence-electron chi connectivity index (χ2n) is 6.01. The molecular weight excluding hydrogens is 292 g/mol. The number of nitrogens with zero attached hydrogens (tertiary/aromatic N) is 4. The van der Waals surface area contributed by atoms with Gasteiger partial charge in [0.15, 0.2) is 0 Å². The SMILES string of the molecule is CCCN(CC1CC1)C(=O)CCc1nc(-c2ccccn2)no1. The van der Waals surface area contributed by atoms with Gasteiger partial charge in [0.2, 0.25) is 17.6 Å². The van der Waals surface area contributed by atoms with Gasteiger partial charge in [0.1, 0.15) is 5.69 Å². The number of amides is 1. The van der Waals surface area contributed by atoms with Crippen molar-refractivity contribution in [2.45, 2.75) is 39.0 Å². The molecule has 1 aliphatic carbocycles. The predicted molar refractivity (Wildman–Crippen MR) is 85.4 cm³/mol. The van der Waals surface area contributed by atoms with Crippen molar-refractivity contribution in [1.29, 1.82) is 0 Å². The lowest BCUT2D eigenvalue weighted by Crippen LogP contribution is -2.33. The molecule has 2 aromatic rings. The average Bonchev–Trinajstić information content (AvgIpc) is 3.27. The monoisotopic (exact) mass is 314 g/mol. The van der Waals surface area contributed by atoms with Crippen LogP contribution in [0.3, 0.4) is 0 Å². The van der Waals surface area contributed by atoms with Crippen LogP contribution in [0.5, 0.6) is 0 Å². The van der Waals surface area contributed by atoms with Gasteiger partial charge in [-0.1, -0.05) is 18.1 Å². The summed E-state index contributed by atoms with van der Waals surface area (Å²) in [4.78, 5) is 22.9. The van der Waals surface area contributed by atoms with Crippen molar-refractivity contribution in [1.82, 2.24) is 20.0 Å². The molecule has 1 aliphatic rings. The molecule has 2 heterocycles. The van der Waals surface area contributed by atoms with E-state index in [0.717, 1.165) is 19.5 Å². The van der Waals surface area contributed by atoms with Crippen LogP contribution < -0.4 is 0 Å². The minimum Gasteiger partial charge on any atom is -0.342 e. The molecule has 122 valence electrons. The first-order valence-electron chi connectivity index (χ1n) is 8.28. The zero-order chi connectivity index (χ0) is 16.1. The van der Waals surface area contributed by atoms with Crippen molar-refractivity contribution in [3.8, 4) is 11.5 Å². The molecule has 0 atom stereocenters. The summed E-state index contributed by atoms with van der Waals surface area (Å²) in [5, 5.41) is 3.93. The Morgan fingerprint density at radius 1 is 1.39 bits per heavy atom. The van der Waals surface area contributed by atoms with Gasteiger partial charge in [0, 0.05) is 32.1 Å². The lowest BCUT2D eigenvalue weighted by molar-refractivity contribution is -0.131. The highest BCUT2D eigenvalue weighted by atomic mass is 16.5. The summed E-state index contributed by atoms with van der Waals surface area (Å²) >= 11 is 0. The normalized spacial score (nSPS) is 14.0. The fraction of sp³-hybridized carbons (Fsp3) is 0.529. The first-order valence-corrected chi connectivity index (χ1v) is 8.28. The van der Waals surface area contributed by atoms with Gasteiger partial charge in [-0.3, -0.25) is 9.78 Å². The maximum Gasteiger partial charge on any atom is 0.227 e. The quantitative estimate of drug-likeness (QED) is 0.749. The number of carbonyl (C=O) groups excluding carboxylic acids is 1. The Balaban J connectivity index is 1.55. The van der Waals surface area contributed by atoms with Gasteiger partial charge >= 0.3 is 0 Å². The van der Waals surface area contributed by atoms with E-state index in [1.165, 1.54) is 12.8 Å². The third-order valence-corrected chi connectivity index (χ3v) is 3.94. The highest BCUT2D eigenvalue weighted by molar-refractivity contribution is 5.76. The maximum atomic E-state index is 12.4. The molecule has 6 nitrogen and oxygen atoms in total. The zero-order valence-electron chi connectivity index (χ0n) is 13.4. The minimum atomic E-state index is 0.177. The van der Waals surface area contributed by atoms with E-state index >= 15 is 0 Å². The average molecular weight is 314 g/mol. The van der Waals surface area contributed by atoms with Crippen LogP contribution in [-0.4, -0.2) is 39.0 Å². The fourth-order valence-electron chi connectivity index (χ4n) is 2.53. The van der Waals surface area contributed by atoms with Crippen LogP contribution in [-0.2, 0) is 11.2 Å². The van der Waals surface area contributed by atoms with Crippen molar-refractivity contribution in [2.75, 3.05) is 13.1 Å². The van der Waals surface area contributed by atoms with Crippen molar-refractivity contribution >= 4 is 5.91 Å². The van der Waals surface area contributed by atoms with Gasteiger partial charge in [0.05, 0.1) is 0 Å². The molecule has 0 saturated heterocycles. The van der Waals surface area contributed by atoms with E-state index in [1.807, 2.05) is 23.1 Å². The van der Waals surface area contributed by atoms with E-state index in [1.54, 1.807) is 6.20 Å². The van der Waals surface area contributed by atoms with E-state index in [2.05, 4.69) is 22.0 Å². The number of hydrogen-bond donors (Lipinski definition) is 0. The van der Waals surface area contributed by atoms with Gasteiger partial charge in [-0.2, -0.15) is 4.98 Å². The van der Waals surface area contributed by atoms with Gasteiger partial charge < -0.3 is 9.42 Å². The Morgan fingerprint density at radius 3 is 2.96 bits per heavy atom. The molecule has 3 rings (SSSR count). The number of hydrogen-bond acceptors (Lipinski definition) is 5. The predicted octanol–water partition coefficient (Wildman–Crippen LogP) is 2.71. The molecule has 2 aromatic heterocycles. The second-order valence-corrected chi connectivity index (χ2v) is 6.01. The van der Waals surface area contributed by atoms with Gasteiger partial charge in [-0.15, -0.1) is 0 Å². The third kappa shape index (κ3) is 4.37. The Morgan fingerprint density at radius 2 is 2.26 bits per heavy atom. The Kier molecular flexibility index (Phi) is 5.00. The largest absolute Gasteiger partial charge is 0.342 e.